The molecule has 4 heteroatoms. The van der Waals surface area contributed by atoms with Crippen molar-refractivity contribution in [1.82, 2.24) is 10.2 Å². The molecule has 0 spiro atoms. The summed E-state index contributed by atoms with van der Waals surface area (Å²) in [4.78, 5) is 12.8. The van der Waals surface area contributed by atoms with Crippen LogP contribution in [0.4, 0.5) is 0 Å². The molecular formula is C15H22N2O2. The lowest BCUT2D eigenvalue weighted by molar-refractivity contribution is -0.132. The lowest BCUT2D eigenvalue weighted by Gasteiger charge is -2.16. The van der Waals surface area contributed by atoms with E-state index in [9.17, 15) is 4.79 Å². The highest BCUT2D eigenvalue weighted by Crippen LogP contribution is 2.02. The van der Waals surface area contributed by atoms with Crippen LogP contribution in [-0.4, -0.2) is 42.7 Å². The molecule has 0 heterocycles. The Bertz CT molecular complexity index is 404. The second-order valence-corrected chi connectivity index (χ2v) is 4.66. The van der Waals surface area contributed by atoms with Gasteiger partial charge >= 0.3 is 5.97 Å². The third-order valence-corrected chi connectivity index (χ3v) is 2.83. The fourth-order valence-corrected chi connectivity index (χ4v) is 1.76. The van der Waals surface area contributed by atoms with Gasteiger partial charge in [0.15, 0.2) is 0 Å². The van der Waals surface area contributed by atoms with Crippen LogP contribution in [0.1, 0.15) is 12.0 Å². The van der Waals surface area contributed by atoms with Gasteiger partial charge in [0, 0.05) is 18.7 Å². The minimum absolute atomic E-state index is 0.206. The molecular weight excluding hydrogens is 240 g/mol. The van der Waals surface area contributed by atoms with Crippen LogP contribution in [0.3, 0.4) is 0 Å². The Labute approximate surface area is 114 Å². The second-order valence-electron chi connectivity index (χ2n) is 4.66. The van der Waals surface area contributed by atoms with Crippen molar-refractivity contribution < 1.29 is 9.90 Å². The Morgan fingerprint density at radius 1 is 1.37 bits per heavy atom. The summed E-state index contributed by atoms with van der Waals surface area (Å²) in [6, 6.07) is 10.3. The van der Waals surface area contributed by atoms with Crippen LogP contribution in [-0.2, 0) is 11.3 Å². The number of rotatable bonds is 9. The van der Waals surface area contributed by atoms with Crippen LogP contribution in [0.15, 0.2) is 42.5 Å². The summed E-state index contributed by atoms with van der Waals surface area (Å²) in [6.45, 7) is 6.52. The van der Waals surface area contributed by atoms with Crippen molar-refractivity contribution >= 4 is 5.97 Å². The predicted molar refractivity (Wildman–Crippen MR) is 77.0 cm³/mol. The lowest BCUT2D eigenvalue weighted by atomic mass is 10.2. The van der Waals surface area contributed by atoms with Crippen LogP contribution in [0.5, 0.6) is 0 Å². The number of hydrogen-bond donors (Lipinski definition) is 2. The van der Waals surface area contributed by atoms with Gasteiger partial charge in [-0.3, -0.25) is 0 Å². The first-order chi connectivity index (χ1) is 9.09. The molecule has 0 atom stereocenters. The van der Waals surface area contributed by atoms with Crippen molar-refractivity contribution in [2.45, 2.75) is 13.0 Å². The number of carbonyl (C=O) groups is 1. The maximum atomic E-state index is 10.5. The van der Waals surface area contributed by atoms with E-state index in [4.69, 9.17) is 5.11 Å². The molecule has 1 aromatic carbocycles. The average Bonchev–Trinajstić information content (AvgIpc) is 2.39. The molecule has 0 saturated carbocycles. The summed E-state index contributed by atoms with van der Waals surface area (Å²) < 4.78 is 0. The second kappa shape index (κ2) is 8.45. The molecule has 0 radical (unpaired) electrons. The highest BCUT2D eigenvalue weighted by Gasteiger charge is 2.03. The van der Waals surface area contributed by atoms with Gasteiger partial charge in [0.25, 0.3) is 0 Å². The largest absolute Gasteiger partial charge is 0.478 e. The van der Waals surface area contributed by atoms with E-state index >= 15 is 0 Å². The van der Waals surface area contributed by atoms with Gasteiger partial charge in [-0.15, -0.1) is 0 Å². The summed E-state index contributed by atoms with van der Waals surface area (Å²) in [5.74, 6) is -0.936. The standard InChI is InChI=1S/C15H22N2O2/c1-13(15(18)19)11-16-9-6-10-17(2)12-14-7-4-3-5-8-14/h3-5,7-8,16H,1,6,9-12H2,2H3,(H,18,19). The molecule has 104 valence electrons. The first kappa shape index (κ1) is 15.4. The smallest absolute Gasteiger partial charge is 0.332 e. The number of carboxylic acids is 1. The summed E-state index contributed by atoms with van der Waals surface area (Å²) in [6.07, 6.45) is 0.982. The molecule has 1 rings (SSSR count). The normalized spacial score (nSPS) is 10.6. The molecule has 0 aromatic heterocycles. The number of benzene rings is 1. The van der Waals surface area contributed by atoms with E-state index in [1.54, 1.807) is 0 Å². The lowest BCUT2D eigenvalue weighted by Crippen LogP contribution is -2.26. The van der Waals surface area contributed by atoms with Gasteiger partial charge in [-0.05, 0) is 32.1 Å². The van der Waals surface area contributed by atoms with Crippen LogP contribution in [0.2, 0.25) is 0 Å². The molecule has 0 fully saturated rings. The summed E-state index contributed by atoms with van der Waals surface area (Å²) in [5, 5.41) is 11.7. The number of carboxylic acid groups (broad SMARTS) is 1. The molecule has 0 aliphatic rings. The maximum absolute atomic E-state index is 10.5. The third-order valence-electron chi connectivity index (χ3n) is 2.83. The minimum Gasteiger partial charge on any atom is -0.478 e. The summed E-state index contributed by atoms with van der Waals surface area (Å²) in [7, 11) is 2.09. The molecule has 0 amide bonds. The van der Waals surface area contributed by atoms with Crippen molar-refractivity contribution in [2.75, 3.05) is 26.7 Å². The Morgan fingerprint density at radius 2 is 2.05 bits per heavy atom. The van der Waals surface area contributed by atoms with Gasteiger partial charge < -0.3 is 15.3 Å². The zero-order valence-electron chi connectivity index (χ0n) is 11.4. The van der Waals surface area contributed by atoms with Gasteiger partial charge in [-0.25, -0.2) is 4.79 Å². The van der Waals surface area contributed by atoms with Crippen molar-refractivity contribution in [2.24, 2.45) is 0 Å². The Balaban J connectivity index is 2.09. The van der Waals surface area contributed by atoms with E-state index in [2.05, 4.69) is 36.0 Å². The molecule has 0 saturated heterocycles. The number of nitrogens with zero attached hydrogens (tertiary/aromatic N) is 1. The average molecular weight is 262 g/mol. The summed E-state index contributed by atoms with van der Waals surface area (Å²) >= 11 is 0. The van der Waals surface area contributed by atoms with E-state index in [-0.39, 0.29) is 5.57 Å². The highest BCUT2D eigenvalue weighted by atomic mass is 16.4. The Morgan fingerprint density at radius 3 is 2.68 bits per heavy atom. The fourth-order valence-electron chi connectivity index (χ4n) is 1.76. The van der Waals surface area contributed by atoms with Gasteiger partial charge in [0.1, 0.15) is 0 Å². The van der Waals surface area contributed by atoms with Gasteiger partial charge in [-0.1, -0.05) is 36.9 Å². The number of hydrogen-bond acceptors (Lipinski definition) is 3. The zero-order valence-corrected chi connectivity index (χ0v) is 11.4. The molecule has 2 N–H and O–H groups in total. The highest BCUT2D eigenvalue weighted by molar-refractivity contribution is 5.86. The van der Waals surface area contributed by atoms with E-state index < -0.39 is 5.97 Å². The van der Waals surface area contributed by atoms with E-state index in [0.29, 0.717) is 6.54 Å². The fraction of sp³-hybridized carbons (Fsp3) is 0.400. The quantitative estimate of drug-likeness (QED) is 0.526. The van der Waals surface area contributed by atoms with Crippen LogP contribution in [0.25, 0.3) is 0 Å². The van der Waals surface area contributed by atoms with Crippen molar-refractivity contribution in [1.29, 1.82) is 0 Å². The van der Waals surface area contributed by atoms with Gasteiger partial charge in [0.2, 0.25) is 0 Å². The summed E-state index contributed by atoms with van der Waals surface area (Å²) in [5.41, 5.74) is 1.51. The number of aliphatic carboxylic acids is 1. The molecule has 0 aliphatic heterocycles. The Hall–Kier alpha value is -1.65. The maximum Gasteiger partial charge on any atom is 0.332 e. The van der Waals surface area contributed by atoms with Crippen LogP contribution in [0, 0.1) is 0 Å². The molecule has 19 heavy (non-hydrogen) atoms. The Kier molecular flexibility index (Phi) is 6.85. The van der Waals surface area contributed by atoms with E-state index in [0.717, 1.165) is 26.1 Å². The minimum atomic E-state index is -0.936. The molecule has 0 aliphatic carbocycles. The van der Waals surface area contributed by atoms with Gasteiger partial charge in [0.05, 0.1) is 0 Å². The van der Waals surface area contributed by atoms with Crippen molar-refractivity contribution in [3.63, 3.8) is 0 Å². The molecule has 0 bridgehead atoms. The first-order valence-corrected chi connectivity index (χ1v) is 6.44. The van der Waals surface area contributed by atoms with Gasteiger partial charge in [-0.2, -0.15) is 0 Å². The SMILES string of the molecule is C=C(CNCCCN(C)Cc1ccccc1)C(=O)O. The van der Waals surface area contributed by atoms with Crippen molar-refractivity contribution in [3.05, 3.63) is 48.0 Å². The topological polar surface area (TPSA) is 52.6 Å². The molecule has 1 aromatic rings. The molecule has 0 unspecified atom stereocenters. The zero-order chi connectivity index (χ0) is 14.1. The third kappa shape index (κ3) is 6.74. The molecule has 4 nitrogen and oxygen atoms in total. The predicted octanol–water partition coefficient (Wildman–Crippen LogP) is 1.74. The van der Waals surface area contributed by atoms with E-state index in [1.165, 1.54) is 5.56 Å². The monoisotopic (exact) mass is 262 g/mol. The van der Waals surface area contributed by atoms with Crippen LogP contribution >= 0.6 is 0 Å². The van der Waals surface area contributed by atoms with Crippen LogP contribution < -0.4 is 5.32 Å². The van der Waals surface area contributed by atoms with Crippen molar-refractivity contribution in [3.8, 4) is 0 Å². The van der Waals surface area contributed by atoms with E-state index in [1.807, 2.05) is 18.2 Å². The first-order valence-electron chi connectivity index (χ1n) is 6.44. The number of nitrogens with one attached hydrogen (secondary N) is 1.